The fourth-order valence-corrected chi connectivity index (χ4v) is 1.63. The molecular weight excluding hydrogens is 246 g/mol. The molecule has 0 saturated heterocycles. The average molecular weight is 259 g/mol. The summed E-state index contributed by atoms with van der Waals surface area (Å²) in [4.78, 5) is 10.1. The van der Waals surface area contributed by atoms with Crippen molar-refractivity contribution in [3.8, 4) is 11.5 Å². The molecule has 0 saturated carbocycles. The van der Waals surface area contributed by atoms with Crippen molar-refractivity contribution in [3.63, 3.8) is 0 Å². The lowest BCUT2D eigenvalue weighted by Crippen LogP contribution is -1.91. The number of hydrogen-bond acceptors (Lipinski definition) is 4. The lowest BCUT2D eigenvalue weighted by molar-refractivity contribution is -0.384. The molecule has 0 amide bonds. The van der Waals surface area contributed by atoms with Crippen LogP contribution < -0.4 is 4.74 Å². The van der Waals surface area contributed by atoms with Gasteiger partial charge in [-0.05, 0) is 36.2 Å². The second kappa shape index (κ2) is 5.97. The minimum Gasteiger partial charge on any atom is -0.457 e. The molecule has 5 heteroatoms. The summed E-state index contributed by atoms with van der Waals surface area (Å²) >= 11 is 0. The van der Waals surface area contributed by atoms with E-state index in [-0.39, 0.29) is 12.3 Å². The van der Waals surface area contributed by atoms with E-state index in [1.165, 1.54) is 12.1 Å². The number of benzene rings is 2. The molecule has 98 valence electrons. The van der Waals surface area contributed by atoms with Crippen LogP contribution >= 0.6 is 0 Å². The summed E-state index contributed by atoms with van der Waals surface area (Å²) in [5.74, 6) is 1.19. The summed E-state index contributed by atoms with van der Waals surface area (Å²) < 4.78 is 5.56. The summed E-state index contributed by atoms with van der Waals surface area (Å²) in [5, 5.41) is 19.3. The Balaban J connectivity index is 2.06. The van der Waals surface area contributed by atoms with Crippen LogP contribution in [0.2, 0.25) is 0 Å². The van der Waals surface area contributed by atoms with E-state index in [1.807, 2.05) is 12.1 Å². The van der Waals surface area contributed by atoms with E-state index in [4.69, 9.17) is 9.84 Å². The number of ether oxygens (including phenoxy) is 1. The zero-order chi connectivity index (χ0) is 13.7. The van der Waals surface area contributed by atoms with E-state index in [9.17, 15) is 10.1 Å². The Morgan fingerprint density at radius 2 is 1.53 bits per heavy atom. The third kappa shape index (κ3) is 3.53. The van der Waals surface area contributed by atoms with E-state index in [0.717, 1.165) is 5.56 Å². The molecule has 0 unspecified atom stereocenters. The third-order valence-corrected chi connectivity index (χ3v) is 2.61. The van der Waals surface area contributed by atoms with Crippen molar-refractivity contribution in [1.29, 1.82) is 0 Å². The second-order valence-electron chi connectivity index (χ2n) is 3.97. The minimum atomic E-state index is -0.451. The van der Waals surface area contributed by atoms with Gasteiger partial charge in [0.05, 0.1) is 4.92 Å². The van der Waals surface area contributed by atoms with Crippen molar-refractivity contribution in [2.24, 2.45) is 0 Å². The maximum atomic E-state index is 10.5. The highest BCUT2D eigenvalue weighted by molar-refractivity contribution is 5.39. The molecule has 0 fully saturated rings. The number of aliphatic hydroxyl groups excluding tert-OH is 1. The lowest BCUT2D eigenvalue weighted by atomic mass is 10.1. The summed E-state index contributed by atoms with van der Waals surface area (Å²) in [7, 11) is 0. The number of hydrogen-bond donors (Lipinski definition) is 1. The van der Waals surface area contributed by atoms with Crippen LogP contribution in [0.25, 0.3) is 0 Å². The Morgan fingerprint density at radius 1 is 1.00 bits per heavy atom. The molecule has 5 nitrogen and oxygen atoms in total. The zero-order valence-corrected chi connectivity index (χ0v) is 10.2. The molecule has 0 radical (unpaired) electrons. The van der Waals surface area contributed by atoms with E-state index in [1.54, 1.807) is 24.3 Å². The number of nitro benzene ring substituents is 1. The summed E-state index contributed by atoms with van der Waals surface area (Å²) in [5.41, 5.74) is 1.06. The van der Waals surface area contributed by atoms with Crippen molar-refractivity contribution in [3.05, 3.63) is 64.2 Å². The van der Waals surface area contributed by atoms with Gasteiger partial charge in [-0.2, -0.15) is 0 Å². The molecule has 0 spiro atoms. The largest absolute Gasteiger partial charge is 0.457 e. The van der Waals surface area contributed by atoms with Crippen LogP contribution in [0.15, 0.2) is 48.5 Å². The molecule has 1 N–H and O–H groups in total. The van der Waals surface area contributed by atoms with E-state index in [0.29, 0.717) is 17.9 Å². The van der Waals surface area contributed by atoms with Crippen molar-refractivity contribution in [2.45, 2.75) is 6.42 Å². The van der Waals surface area contributed by atoms with Crippen LogP contribution in [-0.2, 0) is 6.42 Å². The van der Waals surface area contributed by atoms with Crippen LogP contribution in [0.5, 0.6) is 11.5 Å². The van der Waals surface area contributed by atoms with Crippen LogP contribution in [0, 0.1) is 10.1 Å². The van der Waals surface area contributed by atoms with Gasteiger partial charge < -0.3 is 9.84 Å². The number of rotatable bonds is 5. The fraction of sp³-hybridized carbons (Fsp3) is 0.143. The first-order valence-electron chi connectivity index (χ1n) is 5.81. The van der Waals surface area contributed by atoms with E-state index < -0.39 is 4.92 Å². The van der Waals surface area contributed by atoms with Gasteiger partial charge in [-0.1, -0.05) is 12.1 Å². The normalized spacial score (nSPS) is 10.2. The van der Waals surface area contributed by atoms with Crippen LogP contribution in [0.4, 0.5) is 5.69 Å². The number of nitrogens with zero attached hydrogens (tertiary/aromatic N) is 1. The molecule has 2 aromatic rings. The summed E-state index contributed by atoms with van der Waals surface area (Å²) in [6, 6.07) is 13.2. The van der Waals surface area contributed by atoms with Gasteiger partial charge in [-0.15, -0.1) is 0 Å². The number of nitro groups is 1. The SMILES string of the molecule is O=[N+]([O-])c1ccc(Oc2ccc(CCO)cc2)cc1. The smallest absolute Gasteiger partial charge is 0.269 e. The van der Waals surface area contributed by atoms with Gasteiger partial charge in [0.2, 0.25) is 0 Å². The highest BCUT2D eigenvalue weighted by Gasteiger charge is 2.05. The monoisotopic (exact) mass is 259 g/mol. The number of aliphatic hydroxyl groups is 1. The van der Waals surface area contributed by atoms with Gasteiger partial charge in [-0.25, -0.2) is 0 Å². The third-order valence-electron chi connectivity index (χ3n) is 2.61. The highest BCUT2D eigenvalue weighted by atomic mass is 16.6. The maximum Gasteiger partial charge on any atom is 0.269 e. The minimum absolute atomic E-state index is 0.0330. The van der Waals surface area contributed by atoms with Gasteiger partial charge in [0.1, 0.15) is 11.5 Å². The van der Waals surface area contributed by atoms with Gasteiger partial charge in [-0.3, -0.25) is 10.1 Å². The lowest BCUT2D eigenvalue weighted by Gasteiger charge is -2.06. The quantitative estimate of drug-likeness (QED) is 0.661. The first-order valence-corrected chi connectivity index (χ1v) is 5.81. The Labute approximate surface area is 110 Å². The van der Waals surface area contributed by atoms with Crippen molar-refractivity contribution in [2.75, 3.05) is 6.61 Å². The van der Waals surface area contributed by atoms with Gasteiger partial charge in [0.15, 0.2) is 0 Å². The molecule has 19 heavy (non-hydrogen) atoms. The standard InChI is InChI=1S/C14H13NO4/c16-10-9-11-1-5-13(6-2-11)19-14-7-3-12(4-8-14)15(17)18/h1-8,16H,9-10H2. The van der Waals surface area contributed by atoms with E-state index in [2.05, 4.69) is 0 Å². The molecule has 0 aliphatic rings. The van der Waals surface area contributed by atoms with Gasteiger partial charge in [0, 0.05) is 18.7 Å². The van der Waals surface area contributed by atoms with Gasteiger partial charge in [0.25, 0.3) is 5.69 Å². The molecule has 0 aromatic heterocycles. The van der Waals surface area contributed by atoms with Gasteiger partial charge >= 0.3 is 0 Å². The summed E-state index contributed by atoms with van der Waals surface area (Å²) in [6.45, 7) is 0.114. The Kier molecular flexibility index (Phi) is 4.10. The Morgan fingerprint density at radius 3 is 2.00 bits per heavy atom. The Hall–Kier alpha value is -2.40. The van der Waals surface area contributed by atoms with Crippen molar-refractivity contribution in [1.82, 2.24) is 0 Å². The molecule has 0 aliphatic carbocycles. The first kappa shape index (κ1) is 13.0. The molecule has 0 heterocycles. The average Bonchev–Trinajstić information content (AvgIpc) is 2.42. The zero-order valence-electron chi connectivity index (χ0n) is 10.2. The Bertz CT molecular complexity index is 549. The van der Waals surface area contributed by atoms with Crippen LogP contribution in [0.1, 0.15) is 5.56 Å². The first-order chi connectivity index (χ1) is 9.19. The molecule has 2 rings (SSSR count). The van der Waals surface area contributed by atoms with Crippen LogP contribution in [0.3, 0.4) is 0 Å². The maximum absolute atomic E-state index is 10.5. The fourth-order valence-electron chi connectivity index (χ4n) is 1.63. The molecule has 0 atom stereocenters. The molecule has 2 aromatic carbocycles. The highest BCUT2D eigenvalue weighted by Crippen LogP contribution is 2.24. The topological polar surface area (TPSA) is 72.6 Å². The predicted octanol–water partition coefficient (Wildman–Crippen LogP) is 2.92. The summed E-state index contributed by atoms with van der Waals surface area (Å²) in [6.07, 6.45) is 0.609. The molecule has 0 bridgehead atoms. The van der Waals surface area contributed by atoms with Crippen molar-refractivity contribution < 1.29 is 14.8 Å². The van der Waals surface area contributed by atoms with E-state index >= 15 is 0 Å². The predicted molar refractivity (Wildman–Crippen MR) is 70.4 cm³/mol. The van der Waals surface area contributed by atoms with Crippen LogP contribution in [-0.4, -0.2) is 16.6 Å². The van der Waals surface area contributed by atoms with Crippen molar-refractivity contribution >= 4 is 5.69 Å². The number of non-ortho nitro benzene ring substituents is 1. The molecular formula is C14H13NO4. The molecule has 0 aliphatic heterocycles. The second-order valence-corrected chi connectivity index (χ2v) is 3.97.